The number of nitrogen functional groups attached to an aromatic ring is 1. The fourth-order valence-corrected chi connectivity index (χ4v) is 1.31. The number of aliphatic hydroxyl groups excluding tert-OH is 2. The zero-order chi connectivity index (χ0) is 11.6. The number of H-pyrrole nitrogens is 1. The van der Waals surface area contributed by atoms with Crippen molar-refractivity contribution in [3.05, 3.63) is 11.3 Å². The summed E-state index contributed by atoms with van der Waals surface area (Å²) >= 11 is 0. The van der Waals surface area contributed by atoms with Gasteiger partial charge < -0.3 is 21.1 Å². The van der Waals surface area contributed by atoms with Gasteiger partial charge in [0.2, 0.25) is 0 Å². The predicted molar refractivity (Wildman–Crippen MR) is 51.0 cm³/mol. The molecule has 7 nitrogen and oxygen atoms in total. The number of carboxylic acids is 1. The molecule has 0 aliphatic rings. The van der Waals surface area contributed by atoms with Gasteiger partial charge in [0, 0.05) is 11.3 Å². The van der Waals surface area contributed by atoms with Gasteiger partial charge in [-0.15, -0.1) is 0 Å². The molecule has 1 aromatic rings. The Kier molecular flexibility index (Phi) is 3.28. The normalized spacial score (nSPS) is 14.9. The maximum atomic E-state index is 10.3. The number of nitrogens with one attached hydrogen (secondary N) is 1. The predicted octanol–water partition coefficient (Wildman–Crippen LogP) is -0.831. The highest BCUT2D eigenvalue weighted by atomic mass is 16.4. The highest BCUT2D eigenvalue weighted by molar-refractivity contribution is 5.67. The topological polar surface area (TPSA) is 132 Å². The molecule has 0 spiro atoms. The molecule has 2 atom stereocenters. The van der Waals surface area contributed by atoms with Crippen LogP contribution >= 0.6 is 0 Å². The van der Waals surface area contributed by atoms with Crippen LogP contribution in [0.25, 0.3) is 0 Å². The SMILES string of the molecule is Cc1[nH]nc(N)c1C(O)C(O)CC(=O)O. The molecule has 1 rings (SSSR count). The van der Waals surface area contributed by atoms with E-state index in [4.69, 9.17) is 10.8 Å². The van der Waals surface area contributed by atoms with Gasteiger partial charge in [-0.25, -0.2) is 0 Å². The molecule has 15 heavy (non-hydrogen) atoms. The minimum absolute atomic E-state index is 0.0597. The van der Waals surface area contributed by atoms with E-state index in [1.54, 1.807) is 6.92 Å². The molecule has 84 valence electrons. The van der Waals surface area contributed by atoms with Crippen molar-refractivity contribution in [2.24, 2.45) is 0 Å². The van der Waals surface area contributed by atoms with E-state index in [1.165, 1.54) is 0 Å². The number of nitrogens with two attached hydrogens (primary N) is 1. The summed E-state index contributed by atoms with van der Waals surface area (Å²) in [7, 11) is 0. The molecular formula is C8H13N3O4. The lowest BCUT2D eigenvalue weighted by Gasteiger charge is -2.16. The third kappa shape index (κ3) is 2.45. The van der Waals surface area contributed by atoms with Crippen molar-refractivity contribution in [3.63, 3.8) is 0 Å². The monoisotopic (exact) mass is 215 g/mol. The Morgan fingerprint density at radius 3 is 2.60 bits per heavy atom. The molecule has 6 N–H and O–H groups in total. The molecule has 0 bridgehead atoms. The van der Waals surface area contributed by atoms with Gasteiger partial charge in [-0.3, -0.25) is 9.89 Å². The first-order valence-electron chi connectivity index (χ1n) is 4.31. The van der Waals surface area contributed by atoms with Gasteiger partial charge in [-0.05, 0) is 6.92 Å². The number of carbonyl (C=O) groups is 1. The number of anilines is 1. The Hall–Kier alpha value is -1.60. The van der Waals surface area contributed by atoms with Crippen LogP contribution in [0.1, 0.15) is 23.8 Å². The molecule has 0 radical (unpaired) electrons. The summed E-state index contributed by atoms with van der Waals surface area (Å²) in [6, 6.07) is 0. The van der Waals surface area contributed by atoms with Gasteiger partial charge in [0.15, 0.2) is 5.82 Å². The second-order valence-corrected chi connectivity index (χ2v) is 3.26. The number of aryl methyl sites for hydroxylation is 1. The Balaban J connectivity index is 2.84. The van der Waals surface area contributed by atoms with Gasteiger partial charge in [-0.2, -0.15) is 5.10 Å². The van der Waals surface area contributed by atoms with Crippen LogP contribution in [0.2, 0.25) is 0 Å². The van der Waals surface area contributed by atoms with Crippen molar-refractivity contribution < 1.29 is 20.1 Å². The highest BCUT2D eigenvalue weighted by Crippen LogP contribution is 2.25. The minimum atomic E-state index is -1.40. The number of nitrogens with zero attached hydrogens (tertiary/aromatic N) is 1. The van der Waals surface area contributed by atoms with E-state index in [9.17, 15) is 15.0 Å². The van der Waals surface area contributed by atoms with Gasteiger partial charge in [0.1, 0.15) is 6.10 Å². The molecule has 0 aliphatic heterocycles. The summed E-state index contributed by atoms with van der Waals surface area (Å²) in [6.07, 6.45) is -3.30. The zero-order valence-electron chi connectivity index (χ0n) is 8.14. The van der Waals surface area contributed by atoms with Crippen LogP contribution in [0, 0.1) is 6.92 Å². The van der Waals surface area contributed by atoms with E-state index in [1.807, 2.05) is 0 Å². The summed E-state index contributed by atoms with van der Waals surface area (Å²) in [5, 5.41) is 33.6. The molecule has 0 amide bonds. The molecule has 0 aromatic carbocycles. The number of aliphatic carboxylic acids is 1. The average Bonchev–Trinajstić information content (AvgIpc) is 2.44. The van der Waals surface area contributed by atoms with Crippen molar-refractivity contribution in [1.29, 1.82) is 0 Å². The van der Waals surface area contributed by atoms with Crippen molar-refractivity contribution >= 4 is 11.8 Å². The average molecular weight is 215 g/mol. The van der Waals surface area contributed by atoms with Crippen molar-refractivity contribution in [3.8, 4) is 0 Å². The molecule has 1 aromatic heterocycles. The quantitative estimate of drug-likeness (QED) is 0.445. The number of aromatic amines is 1. The first-order chi connectivity index (χ1) is 6.93. The largest absolute Gasteiger partial charge is 0.481 e. The first-order valence-corrected chi connectivity index (χ1v) is 4.31. The molecule has 0 saturated heterocycles. The van der Waals surface area contributed by atoms with Gasteiger partial charge in [-0.1, -0.05) is 0 Å². The third-order valence-electron chi connectivity index (χ3n) is 2.07. The standard InChI is InChI=1S/C8H13N3O4/c1-3-6(8(9)11-10-3)7(15)4(12)2-5(13)14/h4,7,12,15H,2H2,1H3,(H,13,14)(H3,9,10,11). The summed E-state index contributed by atoms with van der Waals surface area (Å²) < 4.78 is 0. The number of carboxylic acid groups (broad SMARTS) is 1. The van der Waals surface area contributed by atoms with E-state index in [-0.39, 0.29) is 11.4 Å². The Morgan fingerprint density at radius 2 is 2.20 bits per heavy atom. The molecule has 0 fully saturated rings. The van der Waals surface area contributed by atoms with Crippen LogP contribution in [0.5, 0.6) is 0 Å². The number of aromatic nitrogens is 2. The summed E-state index contributed by atoms with van der Waals surface area (Å²) in [5.41, 5.74) is 6.19. The maximum absolute atomic E-state index is 10.3. The van der Waals surface area contributed by atoms with Crippen LogP contribution in [0.15, 0.2) is 0 Å². The first kappa shape index (κ1) is 11.5. The van der Waals surface area contributed by atoms with Crippen LogP contribution in [-0.4, -0.2) is 37.6 Å². The van der Waals surface area contributed by atoms with Gasteiger partial charge in [0.25, 0.3) is 0 Å². The summed E-state index contributed by atoms with van der Waals surface area (Å²) in [4.78, 5) is 10.3. The van der Waals surface area contributed by atoms with Crippen molar-refractivity contribution in [2.75, 3.05) is 5.73 Å². The smallest absolute Gasteiger partial charge is 0.306 e. The van der Waals surface area contributed by atoms with Crippen molar-refractivity contribution in [1.82, 2.24) is 10.2 Å². The summed E-state index contributed by atoms with van der Waals surface area (Å²) in [5.74, 6) is -1.13. The van der Waals surface area contributed by atoms with Crippen LogP contribution in [0.3, 0.4) is 0 Å². The maximum Gasteiger partial charge on any atom is 0.306 e. The Bertz CT molecular complexity index is 343. The minimum Gasteiger partial charge on any atom is -0.481 e. The second-order valence-electron chi connectivity index (χ2n) is 3.26. The summed E-state index contributed by atoms with van der Waals surface area (Å²) in [6.45, 7) is 1.62. The lowest BCUT2D eigenvalue weighted by atomic mass is 10.0. The lowest BCUT2D eigenvalue weighted by molar-refractivity contribution is -0.141. The molecule has 2 unspecified atom stereocenters. The molecular weight excluding hydrogens is 202 g/mol. The van der Waals surface area contributed by atoms with E-state index in [0.29, 0.717) is 5.69 Å². The molecule has 1 heterocycles. The van der Waals surface area contributed by atoms with Gasteiger partial charge >= 0.3 is 5.97 Å². The lowest BCUT2D eigenvalue weighted by Crippen LogP contribution is -2.22. The number of aliphatic hydroxyl groups is 2. The fourth-order valence-electron chi connectivity index (χ4n) is 1.31. The van der Waals surface area contributed by atoms with Gasteiger partial charge in [0.05, 0.1) is 12.5 Å². The van der Waals surface area contributed by atoms with Crippen LogP contribution in [-0.2, 0) is 4.79 Å². The van der Waals surface area contributed by atoms with E-state index >= 15 is 0 Å². The van der Waals surface area contributed by atoms with Crippen LogP contribution in [0.4, 0.5) is 5.82 Å². The Labute approximate surface area is 85.5 Å². The van der Waals surface area contributed by atoms with E-state index < -0.39 is 24.6 Å². The number of hydrogen-bond acceptors (Lipinski definition) is 5. The highest BCUT2D eigenvalue weighted by Gasteiger charge is 2.26. The zero-order valence-corrected chi connectivity index (χ0v) is 8.14. The number of hydrogen-bond donors (Lipinski definition) is 5. The van der Waals surface area contributed by atoms with E-state index in [0.717, 1.165) is 0 Å². The van der Waals surface area contributed by atoms with Crippen LogP contribution < -0.4 is 5.73 Å². The third-order valence-corrected chi connectivity index (χ3v) is 2.07. The fraction of sp³-hybridized carbons (Fsp3) is 0.500. The molecule has 0 saturated carbocycles. The van der Waals surface area contributed by atoms with E-state index in [2.05, 4.69) is 10.2 Å². The second kappa shape index (κ2) is 4.28. The van der Waals surface area contributed by atoms with Crippen molar-refractivity contribution in [2.45, 2.75) is 25.6 Å². The number of rotatable bonds is 4. The molecule has 7 heteroatoms. The molecule has 0 aliphatic carbocycles. The Morgan fingerprint density at radius 1 is 1.60 bits per heavy atom.